The Morgan fingerprint density at radius 1 is 1.19 bits per heavy atom. The molecular formula is C19H20ClN3O3. The van der Waals surface area contributed by atoms with Crippen molar-refractivity contribution in [3.8, 4) is 5.75 Å². The molecule has 3 rings (SSSR count). The van der Waals surface area contributed by atoms with Gasteiger partial charge in [-0.05, 0) is 42.5 Å². The molecule has 0 radical (unpaired) electrons. The van der Waals surface area contributed by atoms with Gasteiger partial charge in [-0.15, -0.1) is 0 Å². The first kappa shape index (κ1) is 18.2. The zero-order valence-corrected chi connectivity index (χ0v) is 15.2. The number of amides is 1. The van der Waals surface area contributed by atoms with E-state index in [9.17, 15) is 4.79 Å². The second-order valence-corrected chi connectivity index (χ2v) is 6.15. The smallest absolute Gasteiger partial charge is 0.251 e. The first-order chi connectivity index (χ1) is 12.7. The molecule has 0 spiro atoms. The van der Waals surface area contributed by atoms with Gasteiger partial charge in [0.1, 0.15) is 12.4 Å². The maximum atomic E-state index is 12.1. The maximum Gasteiger partial charge on any atom is 0.251 e. The number of carbonyl (C=O) groups is 1. The lowest BCUT2D eigenvalue weighted by molar-refractivity contribution is 0.0937. The summed E-state index contributed by atoms with van der Waals surface area (Å²) in [5, 5.41) is 8.90. The summed E-state index contributed by atoms with van der Waals surface area (Å²) in [6, 6.07) is 12.7. The van der Waals surface area contributed by atoms with E-state index in [0.29, 0.717) is 36.9 Å². The first-order valence-corrected chi connectivity index (χ1v) is 8.66. The summed E-state index contributed by atoms with van der Waals surface area (Å²) >= 11 is 5.85. The van der Waals surface area contributed by atoms with Crippen LogP contribution in [0.5, 0.6) is 5.75 Å². The number of hydrogen-bond acceptors (Lipinski definition) is 4. The van der Waals surface area contributed by atoms with Gasteiger partial charge in [-0.3, -0.25) is 9.48 Å². The van der Waals surface area contributed by atoms with Crippen LogP contribution >= 0.6 is 11.6 Å². The van der Waals surface area contributed by atoms with Crippen molar-refractivity contribution in [1.82, 2.24) is 15.1 Å². The van der Waals surface area contributed by atoms with E-state index in [0.717, 1.165) is 16.7 Å². The lowest BCUT2D eigenvalue weighted by atomic mass is 10.1. The molecule has 1 amide bonds. The molecule has 0 atom stereocenters. The molecule has 6 nitrogen and oxygen atoms in total. The van der Waals surface area contributed by atoms with Crippen molar-refractivity contribution in [2.24, 2.45) is 0 Å². The number of ether oxygens (including phenoxy) is 2. The van der Waals surface area contributed by atoms with E-state index in [1.807, 2.05) is 35.1 Å². The number of halogens is 1. The Morgan fingerprint density at radius 3 is 2.77 bits per heavy atom. The van der Waals surface area contributed by atoms with E-state index in [4.69, 9.17) is 21.1 Å². The molecule has 0 saturated heterocycles. The molecule has 0 unspecified atom stereocenters. The highest BCUT2D eigenvalue weighted by atomic mass is 35.5. The maximum absolute atomic E-state index is 12.1. The van der Waals surface area contributed by atoms with Gasteiger partial charge in [-0.1, -0.05) is 11.6 Å². The van der Waals surface area contributed by atoms with E-state index >= 15 is 0 Å². The monoisotopic (exact) mass is 373 g/mol. The Hall–Kier alpha value is -2.57. The van der Waals surface area contributed by atoms with Gasteiger partial charge in [0.25, 0.3) is 5.91 Å². The topological polar surface area (TPSA) is 65.4 Å². The van der Waals surface area contributed by atoms with Gasteiger partial charge in [-0.2, -0.15) is 5.10 Å². The molecule has 136 valence electrons. The SMILES string of the molecule is COCCNC(=O)c1ccc2nn(CCOc3ccc(Cl)cc3)cc2c1. The summed E-state index contributed by atoms with van der Waals surface area (Å²) in [7, 11) is 1.60. The highest BCUT2D eigenvalue weighted by Crippen LogP contribution is 2.17. The summed E-state index contributed by atoms with van der Waals surface area (Å²) in [6.45, 7) is 2.06. The largest absolute Gasteiger partial charge is 0.492 e. The molecule has 0 fully saturated rings. The van der Waals surface area contributed by atoms with Crippen LogP contribution < -0.4 is 10.1 Å². The third kappa shape index (κ3) is 4.74. The summed E-state index contributed by atoms with van der Waals surface area (Å²) in [4.78, 5) is 12.1. The van der Waals surface area contributed by atoms with Gasteiger partial charge >= 0.3 is 0 Å². The molecule has 0 aliphatic carbocycles. The van der Waals surface area contributed by atoms with Gasteiger partial charge < -0.3 is 14.8 Å². The summed E-state index contributed by atoms with van der Waals surface area (Å²) in [5.74, 6) is 0.642. The number of benzene rings is 2. The van der Waals surface area contributed by atoms with Crippen molar-refractivity contribution in [3.05, 3.63) is 59.2 Å². The van der Waals surface area contributed by atoms with Gasteiger partial charge in [0.15, 0.2) is 0 Å². The fourth-order valence-corrected chi connectivity index (χ4v) is 2.62. The van der Waals surface area contributed by atoms with Crippen LogP contribution in [-0.2, 0) is 11.3 Å². The van der Waals surface area contributed by atoms with E-state index in [-0.39, 0.29) is 5.91 Å². The van der Waals surface area contributed by atoms with Gasteiger partial charge in [0, 0.05) is 35.8 Å². The Kier molecular flexibility index (Phi) is 6.09. The average Bonchev–Trinajstić information content (AvgIpc) is 3.05. The van der Waals surface area contributed by atoms with Crippen molar-refractivity contribution in [3.63, 3.8) is 0 Å². The third-order valence-corrected chi connectivity index (χ3v) is 4.06. The summed E-state index contributed by atoms with van der Waals surface area (Å²) < 4.78 is 12.4. The molecule has 1 N–H and O–H groups in total. The van der Waals surface area contributed by atoms with Crippen molar-refractivity contribution in [2.45, 2.75) is 6.54 Å². The average molecular weight is 374 g/mol. The number of carbonyl (C=O) groups excluding carboxylic acids is 1. The predicted octanol–water partition coefficient (Wildman–Crippen LogP) is 3.14. The fourth-order valence-electron chi connectivity index (χ4n) is 2.49. The zero-order valence-electron chi connectivity index (χ0n) is 14.4. The van der Waals surface area contributed by atoms with Gasteiger partial charge in [-0.25, -0.2) is 0 Å². The van der Waals surface area contributed by atoms with E-state index in [1.165, 1.54) is 0 Å². The number of nitrogens with one attached hydrogen (secondary N) is 1. The molecule has 0 saturated carbocycles. The van der Waals surface area contributed by atoms with Crippen molar-refractivity contribution >= 4 is 28.4 Å². The van der Waals surface area contributed by atoms with Crippen LogP contribution in [0.25, 0.3) is 10.9 Å². The van der Waals surface area contributed by atoms with E-state index < -0.39 is 0 Å². The molecule has 7 heteroatoms. The summed E-state index contributed by atoms with van der Waals surface area (Å²) in [5.41, 5.74) is 1.44. The highest BCUT2D eigenvalue weighted by Gasteiger charge is 2.08. The Bertz CT molecular complexity index is 877. The second-order valence-electron chi connectivity index (χ2n) is 5.72. The van der Waals surface area contributed by atoms with Crippen LogP contribution in [0, 0.1) is 0 Å². The Labute approximate surface area is 156 Å². The van der Waals surface area contributed by atoms with Crippen molar-refractivity contribution in [1.29, 1.82) is 0 Å². The molecule has 0 aliphatic rings. The van der Waals surface area contributed by atoms with Crippen molar-refractivity contribution in [2.75, 3.05) is 26.9 Å². The number of fused-ring (bicyclic) bond motifs is 1. The minimum absolute atomic E-state index is 0.122. The molecule has 1 heterocycles. The number of nitrogens with zero attached hydrogens (tertiary/aromatic N) is 2. The van der Waals surface area contributed by atoms with E-state index in [1.54, 1.807) is 25.3 Å². The minimum Gasteiger partial charge on any atom is -0.492 e. The molecule has 0 aliphatic heterocycles. The van der Waals surface area contributed by atoms with Crippen LogP contribution in [-0.4, -0.2) is 42.6 Å². The molecule has 2 aromatic carbocycles. The third-order valence-electron chi connectivity index (χ3n) is 3.81. The Balaban J connectivity index is 1.59. The fraction of sp³-hybridized carbons (Fsp3) is 0.263. The molecule has 1 aromatic heterocycles. The number of rotatable bonds is 8. The van der Waals surface area contributed by atoms with E-state index in [2.05, 4.69) is 10.4 Å². The standard InChI is InChI=1S/C19H20ClN3O3/c1-25-10-8-21-19(24)14-2-7-18-15(12-14)13-23(22-18)9-11-26-17-5-3-16(20)4-6-17/h2-7,12-13H,8-11H2,1H3,(H,21,24). The molecule has 3 aromatic rings. The number of methoxy groups -OCH3 is 1. The lowest BCUT2D eigenvalue weighted by Crippen LogP contribution is -2.26. The number of aromatic nitrogens is 2. The van der Waals surface area contributed by atoms with Crippen molar-refractivity contribution < 1.29 is 14.3 Å². The highest BCUT2D eigenvalue weighted by molar-refractivity contribution is 6.30. The molecule has 0 bridgehead atoms. The lowest BCUT2D eigenvalue weighted by Gasteiger charge is -2.05. The van der Waals surface area contributed by atoms with Crippen LogP contribution in [0.2, 0.25) is 5.02 Å². The van der Waals surface area contributed by atoms with Crippen LogP contribution in [0.4, 0.5) is 0 Å². The minimum atomic E-state index is -0.122. The number of hydrogen-bond donors (Lipinski definition) is 1. The molecular weight excluding hydrogens is 354 g/mol. The first-order valence-electron chi connectivity index (χ1n) is 8.28. The van der Waals surface area contributed by atoms with Gasteiger partial charge in [0.05, 0.1) is 18.7 Å². The van der Waals surface area contributed by atoms with Gasteiger partial charge in [0.2, 0.25) is 0 Å². The van der Waals surface area contributed by atoms with Crippen LogP contribution in [0.3, 0.4) is 0 Å². The second kappa shape index (κ2) is 8.69. The zero-order chi connectivity index (χ0) is 18.4. The van der Waals surface area contributed by atoms with Crippen LogP contribution in [0.1, 0.15) is 10.4 Å². The predicted molar refractivity (Wildman–Crippen MR) is 101 cm³/mol. The normalized spacial score (nSPS) is 10.8. The quantitative estimate of drug-likeness (QED) is 0.616. The van der Waals surface area contributed by atoms with Crippen LogP contribution in [0.15, 0.2) is 48.7 Å². The Morgan fingerprint density at radius 2 is 2.00 bits per heavy atom. The molecule has 26 heavy (non-hydrogen) atoms. The summed E-state index contributed by atoms with van der Waals surface area (Å²) in [6.07, 6.45) is 1.91.